The Labute approximate surface area is 166 Å². The van der Waals surface area contributed by atoms with Gasteiger partial charge in [-0.05, 0) is 24.1 Å². The fourth-order valence-corrected chi connectivity index (χ4v) is 3.85. The predicted octanol–water partition coefficient (Wildman–Crippen LogP) is 2.20. The third-order valence-electron chi connectivity index (χ3n) is 3.90. The topological polar surface area (TPSA) is 82.8 Å². The Bertz CT molecular complexity index is 850. The molecule has 2 N–H and O–H groups in total. The quantitative estimate of drug-likeness (QED) is 0.546. The summed E-state index contributed by atoms with van der Waals surface area (Å²) in [5.41, 5.74) is 1.00. The molecule has 0 radical (unpaired) electrons. The zero-order valence-corrected chi connectivity index (χ0v) is 16.0. The van der Waals surface area contributed by atoms with Gasteiger partial charge in [0.1, 0.15) is 16.6 Å². The largest absolute Gasteiger partial charge is 0.465 e. The van der Waals surface area contributed by atoms with Crippen molar-refractivity contribution in [2.45, 2.75) is 12.5 Å². The summed E-state index contributed by atoms with van der Waals surface area (Å²) in [6.07, 6.45) is 3.62. The van der Waals surface area contributed by atoms with Crippen molar-refractivity contribution in [3.8, 4) is 0 Å². The minimum Gasteiger partial charge on any atom is -0.465 e. The molecule has 0 bridgehead atoms. The molecule has 0 saturated carbocycles. The number of rotatable bonds is 7. The molecule has 6 nitrogen and oxygen atoms in total. The van der Waals surface area contributed by atoms with Crippen LogP contribution >= 0.6 is 24.0 Å². The Morgan fingerprint density at radius 1 is 1.30 bits per heavy atom. The molecule has 1 aliphatic rings. The van der Waals surface area contributed by atoms with Gasteiger partial charge in [-0.25, -0.2) is 0 Å². The minimum absolute atomic E-state index is 0.189. The van der Waals surface area contributed by atoms with Gasteiger partial charge in [0.05, 0.1) is 23.8 Å². The minimum atomic E-state index is -0.433. The second-order valence-corrected chi connectivity index (χ2v) is 7.60. The summed E-state index contributed by atoms with van der Waals surface area (Å²) in [6, 6.07) is 12.6. The average Bonchev–Trinajstić information content (AvgIpc) is 3.26. The standard InChI is InChI=1S/C19H18N2O4S2/c22-12-14(9-13-5-2-1-3-6-13)20-17(23)11-21-18(24)16(27-19(21)26)10-15-7-4-8-25-15/h1-8,10,14,22H,9,11-12H2,(H,20,23)/b16-10-/t14-/m1/s1. The lowest BCUT2D eigenvalue weighted by Crippen LogP contribution is -2.45. The highest BCUT2D eigenvalue weighted by Gasteiger charge is 2.33. The van der Waals surface area contributed by atoms with Crippen LogP contribution in [-0.4, -0.2) is 45.3 Å². The van der Waals surface area contributed by atoms with E-state index in [0.29, 0.717) is 21.4 Å². The van der Waals surface area contributed by atoms with E-state index in [1.165, 1.54) is 11.2 Å². The van der Waals surface area contributed by atoms with E-state index < -0.39 is 6.04 Å². The summed E-state index contributed by atoms with van der Waals surface area (Å²) < 4.78 is 5.52. The Kier molecular flexibility index (Phi) is 6.44. The van der Waals surface area contributed by atoms with E-state index in [4.69, 9.17) is 16.6 Å². The second kappa shape index (κ2) is 8.98. The number of furan rings is 1. The Hall–Kier alpha value is -2.42. The van der Waals surface area contributed by atoms with Crippen LogP contribution in [-0.2, 0) is 16.0 Å². The first-order valence-electron chi connectivity index (χ1n) is 8.30. The molecule has 0 spiro atoms. The maximum atomic E-state index is 12.5. The normalized spacial score (nSPS) is 16.8. The van der Waals surface area contributed by atoms with Crippen LogP contribution in [0.15, 0.2) is 58.1 Å². The van der Waals surface area contributed by atoms with Crippen molar-refractivity contribution in [3.05, 3.63) is 65.0 Å². The number of thioether (sulfide) groups is 1. The van der Waals surface area contributed by atoms with Crippen LogP contribution in [0.2, 0.25) is 0 Å². The lowest BCUT2D eigenvalue weighted by molar-refractivity contribution is -0.129. The smallest absolute Gasteiger partial charge is 0.266 e. The van der Waals surface area contributed by atoms with E-state index in [2.05, 4.69) is 5.32 Å². The van der Waals surface area contributed by atoms with E-state index in [0.717, 1.165) is 17.3 Å². The van der Waals surface area contributed by atoms with Gasteiger partial charge in [-0.15, -0.1) is 0 Å². The van der Waals surface area contributed by atoms with E-state index in [-0.39, 0.29) is 25.0 Å². The fraction of sp³-hybridized carbons (Fsp3) is 0.211. The third-order valence-corrected chi connectivity index (χ3v) is 5.28. The molecule has 140 valence electrons. The van der Waals surface area contributed by atoms with E-state index in [9.17, 15) is 14.7 Å². The first-order chi connectivity index (χ1) is 13.1. The second-order valence-electron chi connectivity index (χ2n) is 5.92. The van der Waals surface area contributed by atoms with Gasteiger partial charge in [-0.2, -0.15) is 0 Å². The van der Waals surface area contributed by atoms with Gasteiger partial charge in [-0.1, -0.05) is 54.3 Å². The maximum absolute atomic E-state index is 12.5. The molecule has 1 aromatic heterocycles. The average molecular weight is 402 g/mol. The lowest BCUT2D eigenvalue weighted by Gasteiger charge is -2.19. The molecule has 1 atom stereocenters. The number of aliphatic hydroxyl groups is 1. The SMILES string of the molecule is O=C(CN1C(=O)/C(=C/c2ccco2)SC1=S)N[C@@H](CO)Cc1ccccc1. The Balaban J connectivity index is 1.59. The molecular weight excluding hydrogens is 384 g/mol. The van der Waals surface area contributed by atoms with Crippen LogP contribution in [0.1, 0.15) is 11.3 Å². The summed E-state index contributed by atoms with van der Waals surface area (Å²) in [6.45, 7) is -0.386. The molecule has 0 aliphatic carbocycles. The number of hydrogen-bond acceptors (Lipinski definition) is 6. The van der Waals surface area contributed by atoms with Gasteiger partial charge in [-0.3, -0.25) is 14.5 Å². The van der Waals surface area contributed by atoms with Crippen molar-refractivity contribution in [1.29, 1.82) is 0 Å². The van der Waals surface area contributed by atoms with Crippen LogP contribution < -0.4 is 5.32 Å². The molecule has 1 fully saturated rings. The van der Waals surface area contributed by atoms with Gasteiger partial charge < -0.3 is 14.8 Å². The molecule has 2 amide bonds. The Morgan fingerprint density at radius 2 is 2.07 bits per heavy atom. The summed E-state index contributed by atoms with van der Waals surface area (Å²) in [7, 11) is 0. The van der Waals surface area contributed by atoms with Crippen molar-refractivity contribution in [3.63, 3.8) is 0 Å². The molecule has 0 unspecified atom stereocenters. The number of amides is 2. The highest BCUT2D eigenvalue weighted by Crippen LogP contribution is 2.32. The molecule has 2 aromatic rings. The number of benzene rings is 1. The zero-order chi connectivity index (χ0) is 19.2. The third kappa shape index (κ3) is 5.06. The van der Waals surface area contributed by atoms with Crippen molar-refractivity contribution >= 4 is 46.2 Å². The number of nitrogens with zero attached hydrogens (tertiary/aromatic N) is 1. The summed E-state index contributed by atoms with van der Waals surface area (Å²) in [4.78, 5) is 26.5. The number of aliphatic hydroxyl groups excluding tert-OH is 1. The molecule has 1 aliphatic heterocycles. The van der Waals surface area contributed by atoms with E-state index in [1.54, 1.807) is 18.2 Å². The number of nitrogens with one attached hydrogen (secondary N) is 1. The molecular formula is C19H18N2O4S2. The van der Waals surface area contributed by atoms with Gasteiger partial charge >= 0.3 is 0 Å². The summed E-state index contributed by atoms with van der Waals surface area (Å²) in [5.74, 6) is -0.163. The van der Waals surface area contributed by atoms with Crippen LogP contribution in [0.5, 0.6) is 0 Å². The molecule has 27 heavy (non-hydrogen) atoms. The molecule has 8 heteroatoms. The fourth-order valence-electron chi connectivity index (χ4n) is 2.62. The van der Waals surface area contributed by atoms with Crippen LogP contribution in [0.3, 0.4) is 0 Å². The number of carbonyl (C=O) groups excluding carboxylic acids is 2. The van der Waals surface area contributed by atoms with Gasteiger partial charge in [0, 0.05) is 6.08 Å². The van der Waals surface area contributed by atoms with Crippen molar-refractivity contribution in [2.75, 3.05) is 13.2 Å². The molecule has 1 aromatic carbocycles. The van der Waals surface area contributed by atoms with Crippen molar-refractivity contribution < 1.29 is 19.1 Å². The van der Waals surface area contributed by atoms with E-state index in [1.807, 2.05) is 30.3 Å². The van der Waals surface area contributed by atoms with Crippen molar-refractivity contribution in [2.24, 2.45) is 0 Å². The summed E-state index contributed by atoms with van der Waals surface area (Å²) >= 11 is 6.35. The monoisotopic (exact) mass is 402 g/mol. The van der Waals surface area contributed by atoms with Crippen molar-refractivity contribution in [1.82, 2.24) is 10.2 Å². The number of thiocarbonyl (C=S) groups is 1. The number of carbonyl (C=O) groups is 2. The molecule has 1 saturated heterocycles. The molecule has 3 rings (SSSR count). The first kappa shape index (κ1) is 19.3. The lowest BCUT2D eigenvalue weighted by atomic mass is 10.1. The van der Waals surface area contributed by atoms with Crippen LogP contribution in [0, 0.1) is 0 Å². The highest BCUT2D eigenvalue weighted by atomic mass is 32.2. The van der Waals surface area contributed by atoms with Gasteiger partial charge in [0.15, 0.2) is 0 Å². The van der Waals surface area contributed by atoms with Gasteiger partial charge in [0.2, 0.25) is 5.91 Å². The summed E-state index contributed by atoms with van der Waals surface area (Å²) in [5, 5.41) is 12.3. The zero-order valence-electron chi connectivity index (χ0n) is 14.3. The van der Waals surface area contributed by atoms with Crippen LogP contribution in [0.4, 0.5) is 0 Å². The first-order valence-corrected chi connectivity index (χ1v) is 9.52. The highest BCUT2D eigenvalue weighted by molar-refractivity contribution is 8.26. The maximum Gasteiger partial charge on any atom is 0.266 e. The van der Waals surface area contributed by atoms with Gasteiger partial charge in [0.25, 0.3) is 5.91 Å². The Morgan fingerprint density at radius 3 is 2.74 bits per heavy atom. The predicted molar refractivity (Wildman–Crippen MR) is 108 cm³/mol. The molecule has 2 heterocycles. The van der Waals surface area contributed by atoms with E-state index >= 15 is 0 Å². The van der Waals surface area contributed by atoms with Crippen LogP contribution in [0.25, 0.3) is 6.08 Å². The number of hydrogen-bond donors (Lipinski definition) is 2.